The first-order valence-corrected chi connectivity index (χ1v) is 5.54. The van der Waals surface area contributed by atoms with Gasteiger partial charge in [0.25, 0.3) is 0 Å². The largest absolute Gasteiger partial charge is 0.486 e. The van der Waals surface area contributed by atoms with Crippen LogP contribution in [0.1, 0.15) is 5.56 Å². The molecule has 7 nitrogen and oxygen atoms in total. The predicted molar refractivity (Wildman–Crippen MR) is 62.7 cm³/mol. The molecule has 1 amide bonds. The van der Waals surface area contributed by atoms with E-state index in [1.807, 2.05) is 0 Å². The molecule has 0 saturated carbocycles. The van der Waals surface area contributed by atoms with Crippen molar-refractivity contribution in [3.63, 3.8) is 0 Å². The quantitative estimate of drug-likeness (QED) is 0.488. The van der Waals surface area contributed by atoms with Crippen LogP contribution in [0.2, 0.25) is 0 Å². The second kappa shape index (κ2) is 4.12. The zero-order valence-corrected chi connectivity index (χ0v) is 9.42. The van der Waals surface area contributed by atoms with Crippen molar-refractivity contribution >= 4 is 11.6 Å². The number of nitrogens with zero attached hydrogens (tertiary/aromatic N) is 3. The Labute approximate surface area is 102 Å². The molecule has 2 aliphatic rings. The number of fused-ring (bicyclic) bond motifs is 3. The van der Waals surface area contributed by atoms with Crippen LogP contribution in [0.4, 0.5) is 5.69 Å². The van der Waals surface area contributed by atoms with E-state index in [9.17, 15) is 4.79 Å². The van der Waals surface area contributed by atoms with Gasteiger partial charge in [0.05, 0.1) is 13.0 Å². The third kappa shape index (κ3) is 1.70. The minimum Gasteiger partial charge on any atom is -0.486 e. The maximum absolute atomic E-state index is 11.4. The van der Waals surface area contributed by atoms with E-state index < -0.39 is 0 Å². The fourth-order valence-corrected chi connectivity index (χ4v) is 2.10. The summed E-state index contributed by atoms with van der Waals surface area (Å²) in [6.07, 6.45) is -0.0218. The lowest BCUT2D eigenvalue weighted by molar-refractivity contribution is -0.115. The van der Waals surface area contributed by atoms with E-state index in [2.05, 4.69) is 15.3 Å². The van der Waals surface area contributed by atoms with E-state index in [1.54, 1.807) is 12.1 Å². The SMILES string of the molecule is [N-]=[N+]=NC[C@H]1COc2ccc3c(c2O1)CC(=O)N3. The highest BCUT2D eigenvalue weighted by Gasteiger charge is 2.29. The highest BCUT2D eigenvalue weighted by Crippen LogP contribution is 2.41. The van der Waals surface area contributed by atoms with E-state index in [4.69, 9.17) is 15.0 Å². The summed E-state index contributed by atoms with van der Waals surface area (Å²) in [6, 6.07) is 3.57. The predicted octanol–water partition coefficient (Wildman–Crippen LogP) is 1.63. The van der Waals surface area contributed by atoms with Gasteiger partial charge >= 0.3 is 0 Å². The Morgan fingerprint density at radius 3 is 3.28 bits per heavy atom. The van der Waals surface area contributed by atoms with E-state index in [0.717, 1.165) is 11.3 Å². The molecule has 2 aliphatic heterocycles. The molecule has 3 rings (SSSR count). The van der Waals surface area contributed by atoms with E-state index in [-0.39, 0.29) is 25.0 Å². The summed E-state index contributed by atoms with van der Waals surface area (Å²) in [5.74, 6) is 1.15. The summed E-state index contributed by atoms with van der Waals surface area (Å²) in [5, 5.41) is 6.22. The highest BCUT2D eigenvalue weighted by molar-refractivity contribution is 6.00. The van der Waals surface area contributed by atoms with Crippen molar-refractivity contribution in [1.82, 2.24) is 0 Å². The molecule has 2 heterocycles. The summed E-state index contributed by atoms with van der Waals surface area (Å²) in [4.78, 5) is 14.1. The van der Waals surface area contributed by atoms with Gasteiger partial charge in [-0.3, -0.25) is 4.79 Å². The molecule has 18 heavy (non-hydrogen) atoms. The van der Waals surface area contributed by atoms with Crippen LogP contribution in [0.3, 0.4) is 0 Å². The van der Waals surface area contributed by atoms with Gasteiger partial charge in [-0.25, -0.2) is 0 Å². The molecular weight excluding hydrogens is 236 g/mol. The minimum absolute atomic E-state index is 0.0563. The monoisotopic (exact) mass is 246 g/mol. The lowest BCUT2D eigenvalue weighted by Crippen LogP contribution is -2.32. The summed E-state index contributed by atoms with van der Waals surface area (Å²) in [6.45, 7) is 0.549. The van der Waals surface area contributed by atoms with Crippen LogP contribution in [-0.4, -0.2) is 25.2 Å². The molecule has 92 valence electrons. The topological polar surface area (TPSA) is 96.3 Å². The maximum Gasteiger partial charge on any atom is 0.229 e. The fourth-order valence-electron chi connectivity index (χ4n) is 2.10. The molecule has 0 unspecified atom stereocenters. The molecule has 1 aromatic carbocycles. The van der Waals surface area contributed by atoms with Gasteiger partial charge in [-0.05, 0) is 17.7 Å². The zero-order valence-electron chi connectivity index (χ0n) is 9.42. The Morgan fingerprint density at radius 2 is 2.44 bits per heavy atom. The van der Waals surface area contributed by atoms with E-state index in [0.29, 0.717) is 18.1 Å². The molecule has 0 radical (unpaired) electrons. The lowest BCUT2D eigenvalue weighted by Gasteiger charge is -2.26. The third-order valence-corrected chi connectivity index (χ3v) is 2.89. The van der Waals surface area contributed by atoms with Gasteiger partial charge in [0.1, 0.15) is 12.7 Å². The number of hydrogen-bond acceptors (Lipinski definition) is 4. The van der Waals surface area contributed by atoms with Gasteiger partial charge in [0.2, 0.25) is 5.91 Å². The van der Waals surface area contributed by atoms with Crippen molar-refractivity contribution in [1.29, 1.82) is 0 Å². The molecule has 1 aromatic rings. The summed E-state index contributed by atoms with van der Waals surface area (Å²) < 4.78 is 11.3. The van der Waals surface area contributed by atoms with Gasteiger partial charge in [-0.2, -0.15) is 0 Å². The van der Waals surface area contributed by atoms with Crippen molar-refractivity contribution in [2.24, 2.45) is 5.11 Å². The Hall–Kier alpha value is -2.40. The van der Waals surface area contributed by atoms with E-state index >= 15 is 0 Å². The van der Waals surface area contributed by atoms with Gasteiger partial charge in [-0.15, -0.1) is 0 Å². The van der Waals surface area contributed by atoms with Crippen LogP contribution >= 0.6 is 0 Å². The van der Waals surface area contributed by atoms with Crippen molar-refractivity contribution in [2.75, 3.05) is 18.5 Å². The number of amides is 1. The van der Waals surface area contributed by atoms with Crippen molar-refractivity contribution < 1.29 is 14.3 Å². The Bertz CT molecular complexity index is 566. The van der Waals surface area contributed by atoms with Gasteiger partial charge in [0, 0.05) is 16.2 Å². The van der Waals surface area contributed by atoms with Crippen LogP contribution in [0, 0.1) is 0 Å². The summed E-state index contributed by atoms with van der Waals surface area (Å²) in [7, 11) is 0. The third-order valence-electron chi connectivity index (χ3n) is 2.89. The zero-order chi connectivity index (χ0) is 12.5. The summed E-state index contributed by atoms with van der Waals surface area (Å²) >= 11 is 0. The molecule has 0 bridgehead atoms. The standard InChI is InChI=1S/C11H10N4O3/c12-15-13-4-6-5-17-9-2-1-8-7(11(9)18-6)3-10(16)14-8/h1-2,6H,3-5H2,(H,14,16)/t6-/m0/s1. The second-order valence-electron chi connectivity index (χ2n) is 4.11. The van der Waals surface area contributed by atoms with Crippen molar-refractivity contribution in [3.05, 3.63) is 28.1 Å². The van der Waals surface area contributed by atoms with Crippen LogP contribution < -0.4 is 14.8 Å². The number of carbonyl (C=O) groups excluding carboxylic acids is 1. The Kier molecular flexibility index (Phi) is 2.46. The van der Waals surface area contributed by atoms with Crippen LogP contribution in [-0.2, 0) is 11.2 Å². The van der Waals surface area contributed by atoms with Gasteiger partial charge in [-0.1, -0.05) is 5.11 Å². The maximum atomic E-state index is 11.4. The number of hydrogen-bond donors (Lipinski definition) is 1. The molecule has 1 atom stereocenters. The highest BCUT2D eigenvalue weighted by atomic mass is 16.6. The molecule has 0 aliphatic carbocycles. The van der Waals surface area contributed by atoms with Crippen LogP contribution in [0.5, 0.6) is 11.5 Å². The Morgan fingerprint density at radius 1 is 1.56 bits per heavy atom. The summed E-state index contributed by atoms with van der Waals surface area (Å²) in [5.41, 5.74) is 9.85. The first-order chi connectivity index (χ1) is 8.78. The molecule has 0 fully saturated rings. The molecule has 1 N–H and O–H groups in total. The smallest absolute Gasteiger partial charge is 0.229 e. The first-order valence-electron chi connectivity index (χ1n) is 5.54. The van der Waals surface area contributed by atoms with Crippen LogP contribution in [0.25, 0.3) is 10.4 Å². The number of azide groups is 1. The van der Waals surface area contributed by atoms with Crippen LogP contribution in [0.15, 0.2) is 17.2 Å². The minimum atomic E-state index is -0.310. The average molecular weight is 246 g/mol. The Balaban J connectivity index is 1.92. The molecule has 0 spiro atoms. The van der Waals surface area contributed by atoms with Crippen molar-refractivity contribution in [2.45, 2.75) is 12.5 Å². The number of anilines is 1. The average Bonchev–Trinajstić information content (AvgIpc) is 2.77. The lowest BCUT2D eigenvalue weighted by atomic mass is 10.1. The number of benzene rings is 1. The van der Waals surface area contributed by atoms with Gasteiger partial charge in [0.15, 0.2) is 11.5 Å². The number of rotatable bonds is 2. The number of ether oxygens (including phenoxy) is 2. The van der Waals surface area contributed by atoms with Gasteiger partial charge < -0.3 is 14.8 Å². The van der Waals surface area contributed by atoms with Crippen molar-refractivity contribution in [3.8, 4) is 11.5 Å². The van der Waals surface area contributed by atoms with E-state index in [1.165, 1.54) is 0 Å². The fraction of sp³-hybridized carbons (Fsp3) is 0.364. The number of carbonyl (C=O) groups is 1. The molecule has 0 aromatic heterocycles. The number of nitrogens with one attached hydrogen (secondary N) is 1. The normalized spacial score (nSPS) is 19.8. The second-order valence-corrected chi connectivity index (χ2v) is 4.11. The first kappa shape index (κ1) is 10.7. The molecule has 7 heteroatoms. The molecule has 0 saturated heterocycles. The molecular formula is C11H10N4O3.